The van der Waals surface area contributed by atoms with Crippen LogP contribution in [-0.2, 0) is 0 Å². The Hall–Kier alpha value is -0.150. The Kier molecular flexibility index (Phi) is 2.26. The topological polar surface area (TPSA) is 12.9 Å². The van der Waals surface area contributed by atoms with E-state index in [4.69, 9.17) is 11.6 Å². The van der Waals surface area contributed by atoms with E-state index in [2.05, 4.69) is 20.9 Å². The van der Waals surface area contributed by atoms with E-state index in [1.54, 1.807) is 13.0 Å². The Morgan fingerprint density at radius 2 is 2.30 bits per heavy atom. The molecule has 0 aliphatic rings. The van der Waals surface area contributed by atoms with E-state index in [-0.39, 0.29) is 5.15 Å². The van der Waals surface area contributed by atoms with Gasteiger partial charge in [0.15, 0.2) is 0 Å². The zero-order chi connectivity index (χ0) is 7.72. The summed E-state index contributed by atoms with van der Waals surface area (Å²) in [6, 6.07) is 1.59. The van der Waals surface area contributed by atoms with Gasteiger partial charge >= 0.3 is 0 Å². The smallest absolute Gasteiger partial charge is 0.206 e. The zero-order valence-electron chi connectivity index (χ0n) is 5.16. The highest BCUT2D eigenvalue weighted by atomic mass is 79.9. The van der Waals surface area contributed by atoms with E-state index in [9.17, 15) is 4.39 Å². The lowest BCUT2D eigenvalue weighted by Crippen LogP contribution is -1.88. The summed E-state index contributed by atoms with van der Waals surface area (Å²) in [5.74, 6) is -0.520. The van der Waals surface area contributed by atoms with E-state index in [0.29, 0.717) is 10.0 Å². The number of hydrogen-bond donors (Lipinski definition) is 0. The molecule has 0 aliphatic heterocycles. The zero-order valence-corrected chi connectivity index (χ0v) is 7.50. The Labute approximate surface area is 71.4 Å². The van der Waals surface area contributed by atoms with Gasteiger partial charge < -0.3 is 0 Å². The van der Waals surface area contributed by atoms with E-state index in [1.165, 1.54) is 0 Å². The summed E-state index contributed by atoms with van der Waals surface area (Å²) in [7, 11) is 0. The summed E-state index contributed by atoms with van der Waals surface area (Å²) >= 11 is 8.61. The van der Waals surface area contributed by atoms with Crippen LogP contribution in [-0.4, -0.2) is 4.98 Å². The fourth-order valence-electron chi connectivity index (χ4n) is 0.537. The lowest BCUT2D eigenvalue weighted by molar-refractivity contribution is 0.574. The summed E-state index contributed by atoms with van der Waals surface area (Å²) in [6.45, 7) is 1.63. The number of nitrogens with zero attached hydrogens (tertiary/aromatic N) is 1. The molecule has 0 bridgehead atoms. The van der Waals surface area contributed by atoms with Crippen LogP contribution < -0.4 is 0 Å². The van der Waals surface area contributed by atoms with Crippen molar-refractivity contribution in [2.45, 2.75) is 6.92 Å². The molecule has 0 aromatic carbocycles. The molecule has 0 fully saturated rings. The standard InChI is InChI=1S/C6H4BrClFN/c1-3-2-4(7)5(8)10-6(3)9/h2H,1H3. The SMILES string of the molecule is Cc1cc(Br)c(Cl)nc1F. The number of pyridine rings is 1. The Balaban J connectivity index is 3.28. The fourth-order valence-corrected chi connectivity index (χ4v) is 1.10. The minimum atomic E-state index is -0.520. The minimum absolute atomic E-state index is 0.156. The summed E-state index contributed by atoms with van der Waals surface area (Å²) in [5.41, 5.74) is 0.483. The summed E-state index contributed by atoms with van der Waals surface area (Å²) in [6.07, 6.45) is 0. The Morgan fingerprint density at radius 3 is 2.80 bits per heavy atom. The van der Waals surface area contributed by atoms with Crippen LogP contribution in [0.25, 0.3) is 0 Å². The lowest BCUT2D eigenvalue weighted by atomic mass is 10.3. The first-order chi connectivity index (χ1) is 4.61. The molecule has 0 unspecified atom stereocenters. The van der Waals surface area contributed by atoms with Gasteiger partial charge in [0, 0.05) is 5.56 Å². The second-order valence-corrected chi connectivity index (χ2v) is 3.08. The van der Waals surface area contributed by atoms with Crippen molar-refractivity contribution < 1.29 is 4.39 Å². The van der Waals surface area contributed by atoms with Gasteiger partial charge in [-0.25, -0.2) is 4.98 Å². The van der Waals surface area contributed by atoms with E-state index >= 15 is 0 Å². The number of hydrogen-bond acceptors (Lipinski definition) is 1. The molecule has 0 spiro atoms. The van der Waals surface area contributed by atoms with E-state index in [1.807, 2.05) is 0 Å². The maximum atomic E-state index is 12.5. The number of rotatable bonds is 0. The molecule has 0 saturated carbocycles. The third kappa shape index (κ3) is 1.47. The second kappa shape index (κ2) is 2.84. The molecule has 0 saturated heterocycles. The molecule has 1 heterocycles. The van der Waals surface area contributed by atoms with Gasteiger partial charge in [-0.3, -0.25) is 0 Å². The average molecular weight is 224 g/mol. The fraction of sp³-hybridized carbons (Fsp3) is 0.167. The summed E-state index contributed by atoms with van der Waals surface area (Å²) < 4.78 is 13.2. The molecule has 0 radical (unpaired) electrons. The first kappa shape index (κ1) is 7.95. The molecule has 4 heteroatoms. The van der Waals surface area contributed by atoms with Crippen LogP contribution in [0.1, 0.15) is 5.56 Å². The third-order valence-electron chi connectivity index (χ3n) is 1.06. The van der Waals surface area contributed by atoms with Gasteiger partial charge in [0.1, 0.15) is 5.15 Å². The third-order valence-corrected chi connectivity index (χ3v) is 2.18. The number of aryl methyl sites for hydroxylation is 1. The molecule has 0 atom stereocenters. The Morgan fingerprint density at radius 1 is 1.70 bits per heavy atom. The highest BCUT2D eigenvalue weighted by Gasteiger charge is 2.03. The van der Waals surface area contributed by atoms with Crippen molar-refractivity contribution in [2.24, 2.45) is 0 Å². The summed E-state index contributed by atoms with van der Waals surface area (Å²) in [5, 5.41) is 0.156. The maximum absolute atomic E-state index is 12.5. The van der Waals surface area contributed by atoms with Crippen molar-refractivity contribution in [1.29, 1.82) is 0 Å². The molecule has 54 valence electrons. The molecular weight excluding hydrogens is 220 g/mol. The quantitative estimate of drug-likeness (QED) is 0.618. The largest absolute Gasteiger partial charge is 0.217 e. The van der Waals surface area contributed by atoms with Gasteiger partial charge in [-0.2, -0.15) is 4.39 Å². The molecule has 0 amide bonds. The maximum Gasteiger partial charge on any atom is 0.217 e. The number of aromatic nitrogens is 1. The van der Waals surface area contributed by atoms with Gasteiger partial charge in [-0.15, -0.1) is 0 Å². The van der Waals surface area contributed by atoms with E-state index in [0.717, 1.165) is 0 Å². The van der Waals surface area contributed by atoms with Gasteiger partial charge in [0.05, 0.1) is 4.47 Å². The minimum Gasteiger partial charge on any atom is -0.206 e. The Bertz CT molecular complexity index is 214. The van der Waals surface area contributed by atoms with Gasteiger partial charge in [-0.05, 0) is 28.9 Å². The van der Waals surface area contributed by atoms with E-state index < -0.39 is 5.95 Å². The molecule has 0 N–H and O–H groups in total. The van der Waals surface area contributed by atoms with Gasteiger partial charge in [0.25, 0.3) is 0 Å². The van der Waals surface area contributed by atoms with Crippen molar-refractivity contribution in [3.05, 3.63) is 27.2 Å². The molecule has 10 heavy (non-hydrogen) atoms. The molecule has 1 aromatic heterocycles. The first-order valence-electron chi connectivity index (χ1n) is 2.59. The molecular formula is C6H4BrClFN. The monoisotopic (exact) mass is 223 g/mol. The normalized spacial score (nSPS) is 10.0. The van der Waals surface area contributed by atoms with Crippen LogP contribution in [0.15, 0.2) is 10.5 Å². The van der Waals surface area contributed by atoms with Crippen molar-refractivity contribution in [2.75, 3.05) is 0 Å². The average Bonchev–Trinajstić information content (AvgIpc) is 1.84. The number of halogens is 3. The highest BCUT2D eigenvalue weighted by Crippen LogP contribution is 2.21. The second-order valence-electron chi connectivity index (χ2n) is 1.87. The predicted octanol–water partition coefficient (Wildman–Crippen LogP) is 2.95. The van der Waals surface area contributed by atoms with Crippen molar-refractivity contribution in [1.82, 2.24) is 4.98 Å². The van der Waals surface area contributed by atoms with Crippen LogP contribution in [0.3, 0.4) is 0 Å². The van der Waals surface area contributed by atoms with Crippen molar-refractivity contribution >= 4 is 27.5 Å². The first-order valence-corrected chi connectivity index (χ1v) is 3.76. The van der Waals surface area contributed by atoms with Crippen molar-refractivity contribution in [3.63, 3.8) is 0 Å². The summed E-state index contributed by atoms with van der Waals surface area (Å²) in [4.78, 5) is 3.42. The molecule has 1 aromatic rings. The van der Waals surface area contributed by atoms with Gasteiger partial charge in [-0.1, -0.05) is 11.6 Å². The van der Waals surface area contributed by atoms with Crippen LogP contribution in [0, 0.1) is 12.9 Å². The molecule has 1 nitrogen and oxygen atoms in total. The van der Waals surface area contributed by atoms with Crippen LogP contribution in [0.5, 0.6) is 0 Å². The van der Waals surface area contributed by atoms with Crippen LogP contribution in [0.2, 0.25) is 5.15 Å². The lowest BCUT2D eigenvalue weighted by Gasteiger charge is -1.97. The van der Waals surface area contributed by atoms with Crippen molar-refractivity contribution in [3.8, 4) is 0 Å². The van der Waals surface area contributed by atoms with Crippen LogP contribution >= 0.6 is 27.5 Å². The highest BCUT2D eigenvalue weighted by molar-refractivity contribution is 9.10. The van der Waals surface area contributed by atoms with Crippen LogP contribution in [0.4, 0.5) is 4.39 Å². The molecule has 0 aliphatic carbocycles. The predicted molar refractivity (Wildman–Crippen MR) is 41.6 cm³/mol. The molecule has 1 rings (SSSR count). The van der Waals surface area contributed by atoms with Gasteiger partial charge in [0.2, 0.25) is 5.95 Å².